The monoisotopic (exact) mass is 349 g/mol. The maximum Gasteiger partial charge on any atom is 0.322 e. The van der Waals surface area contributed by atoms with E-state index in [9.17, 15) is 4.79 Å². The van der Waals surface area contributed by atoms with Gasteiger partial charge in [0.05, 0.1) is 18.8 Å². The molecule has 0 spiro atoms. The second-order valence-corrected chi connectivity index (χ2v) is 6.56. The Bertz CT molecular complexity index is 947. The molecule has 5 heteroatoms. The zero-order valence-corrected chi connectivity index (χ0v) is 15.1. The van der Waals surface area contributed by atoms with Gasteiger partial charge in [0.2, 0.25) is 0 Å². The number of fused-ring (bicyclic) bond motifs is 3. The molecule has 0 radical (unpaired) electrons. The molecule has 2 heterocycles. The summed E-state index contributed by atoms with van der Waals surface area (Å²) >= 11 is 0. The van der Waals surface area contributed by atoms with E-state index in [1.54, 1.807) is 7.11 Å². The summed E-state index contributed by atoms with van der Waals surface area (Å²) in [5.41, 5.74) is 4.34. The summed E-state index contributed by atoms with van der Waals surface area (Å²) < 4.78 is 5.34. The number of hydrogen-bond acceptors (Lipinski definition) is 2. The van der Waals surface area contributed by atoms with Crippen molar-refractivity contribution < 1.29 is 9.53 Å². The van der Waals surface area contributed by atoms with Crippen molar-refractivity contribution >= 4 is 22.6 Å². The van der Waals surface area contributed by atoms with Crippen LogP contribution in [0.4, 0.5) is 10.5 Å². The van der Waals surface area contributed by atoms with Crippen molar-refractivity contribution in [2.75, 3.05) is 19.0 Å². The molecule has 26 heavy (non-hydrogen) atoms. The maximum atomic E-state index is 13.0. The van der Waals surface area contributed by atoms with E-state index >= 15 is 0 Å². The fourth-order valence-corrected chi connectivity index (χ4v) is 3.92. The number of hydrogen-bond donors (Lipinski definition) is 2. The summed E-state index contributed by atoms with van der Waals surface area (Å²) in [6.07, 6.45) is 1.72. The van der Waals surface area contributed by atoms with E-state index in [0.29, 0.717) is 18.0 Å². The highest BCUT2D eigenvalue weighted by atomic mass is 16.5. The van der Waals surface area contributed by atoms with Crippen LogP contribution in [0, 0.1) is 0 Å². The lowest BCUT2D eigenvalue weighted by Gasteiger charge is -2.35. The summed E-state index contributed by atoms with van der Waals surface area (Å²) in [5.74, 6) is 0.664. The number of nitrogens with one attached hydrogen (secondary N) is 2. The van der Waals surface area contributed by atoms with Crippen LogP contribution in [0.5, 0.6) is 5.75 Å². The van der Waals surface area contributed by atoms with Crippen LogP contribution in [-0.4, -0.2) is 29.6 Å². The number of aromatic amines is 1. The Morgan fingerprint density at radius 3 is 2.81 bits per heavy atom. The van der Waals surface area contributed by atoms with Crippen molar-refractivity contribution in [3.63, 3.8) is 0 Å². The molecule has 134 valence electrons. The van der Waals surface area contributed by atoms with Crippen LogP contribution < -0.4 is 10.1 Å². The third kappa shape index (κ3) is 2.69. The van der Waals surface area contributed by atoms with E-state index in [1.807, 2.05) is 35.2 Å². The van der Waals surface area contributed by atoms with Crippen LogP contribution in [0.25, 0.3) is 10.9 Å². The topological polar surface area (TPSA) is 57.4 Å². The maximum absolute atomic E-state index is 13.0. The molecular formula is C21H23N3O2. The van der Waals surface area contributed by atoms with Gasteiger partial charge in [0.15, 0.2) is 0 Å². The minimum atomic E-state index is -0.0920. The molecule has 0 saturated heterocycles. The van der Waals surface area contributed by atoms with E-state index in [4.69, 9.17) is 4.74 Å². The first-order valence-electron chi connectivity index (χ1n) is 9.03. The van der Waals surface area contributed by atoms with Crippen molar-refractivity contribution in [1.29, 1.82) is 0 Å². The SMILES string of the molecule is CC[C@@H]1c2[nH]c3ccccc3c2CCN1C(=O)Nc1ccccc1OC. The molecule has 0 unspecified atom stereocenters. The first-order chi connectivity index (χ1) is 12.7. The highest BCUT2D eigenvalue weighted by molar-refractivity contribution is 5.92. The number of ether oxygens (including phenoxy) is 1. The van der Waals surface area contributed by atoms with Crippen LogP contribution >= 0.6 is 0 Å². The smallest absolute Gasteiger partial charge is 0.322 e. The van der Waals surface area contributed by atoms with Gasteiger partial charge in [-0.25, -0.2) is 4.79 Å². The molecule has 2 aromatic carbocycles. The molecule has 1 atom stereocenters. The molecule has 1 aliphatic rings. The second-order valence-electron chi connectivity index (χ2n) is 6.56. The van der Waals surface area contributed by atoms with E-state index < -0.39 is 0 Å². The van der Waals surface area contributed by atoms with E-state index in [-0.39, 0.29) is 12.1 Å². The van der Waals surface area contributed by atoms with E-state index in [0.717, 1.165) is 24.1 Å². The Hall–Kier alpha value is -2.95. The summed E-state index contributed by atoms with van der Waals surface area (Å²) in [5, 5.41) is 4.28. The molecule has 2 N–H and O–H groups in total. The van der Waals surface area contributed by atoms with Gasteiger partial charge in [-0.05, 0) is 36.6 Å². The Morgan fingerprint density at radius 2 is 2.00 bits per heavy atom. The fraction of sp³-hybridized carbons (Fsp3) is 0.286. The Balaban J connectivity index is 1.64. The van der Waals surface area contributed by atoms with Gasteiger partial charge in [0, 0.05) is 23.1 Å². The Kier molecular flexibility index (Phi) is 4.29. The molecule has 4 rings (SSSR count). The molecule has 0 aliphatic carbocycles. The molecule has 0 fully saturated rings. The molecule has 2 amide bonds. The van der Waals surface area contributed by atoms with Gasteiger partial charge in [-0.3, -0.25) is 0 Å². The van der Waals surface area contributed by atoms with Crippen molar-refractivity contribution in [3.05, 3.63) is 59.8 Å². The number of aromatic nitrogens is 1. The van der Waals surface area contributed by atoms with Crippen LogP contribution in [0.1, 0.15) is 30.6 Å². The van der Waals surface area contributed by atoms with Gasteiger partial charge in [-0.15, -0.1) is 0 Å². The zero-order valence-electron chi connectivity index (χ0n) is 15.1. The predicted octanol–water partition coefficient (Wildman–Crippen LogP) is 4.72. The standard InChI is InChI=1S/C21H23N3O2/c1-3-18-20-15(14-8-4-5-9-16(14)22-20)12-13-24(18)21(25)23-17-10-6-7-11-19(17)26-2/h4-11,18,22H,3,12-13H2,1-2H3,(H,23,25)/t18-/m1/s1. The van der Waals surface area contributed by atoms with Crippen molar-refractivity contribution in [2.45, 2.75) is 25.8 Å². The van der Waals surface area contributed by atoms with Crippen molar-refractivity contribution in [1.82, 2.24) is 9.88 Å². The number of amides is 2. The third-order valence-electron chi connectivity index (χ3n) is 5.15. The molecule has 1 aliphatic heterocycles. The highest BCUT2D eigenvalue weighted by Gasteiger charge is 2.32. The molecule has 5 nitrogen and oxygen atoms in total. The van der Waals surface area contributed by atoms with Crippen molar-refractivity contribution in [3.8, 4) is 5.75 Å². The van der Waals surface area contributed by atoms with Gasteiger partial charge < -0.3 is 19.9 Å². The summed E-state index contributed by atoms with van der Waals surface area (Å²) in [6, 6.07) is 15.8. The summed E-state index contributed by atoms with van der Waals surface area (Å²) in [4.78, 5) is 18.4. The first kappa shape index (κ1) is 16.5. The number of para-hydroxylation sites is 3. The Morgan fingerprint density at radius 1 is 1.23 bits per heavy atom. The third-order valence-corrected chi connectivity index (χ3v) is 5.15. The lowest BCUT2D eigenvalue weighted by atomic mass is 9.96. The number of anilines is 1. The highest BCUT2D eigenvalue weighted by Crippen LogP contribution is 2.36. The minimum Gasteiger partial charge on any atom is -0.495 e. The number of rotatable bonds is 3. The van der Waals surface area contributed by atoms with Crippen LogP contribution in [-0.2, 0) is 6.42 Å². The normalized spacial score (nSPS) is 16.4. The molecule has 0 saturated carbocycles. The van der Waals surface area contributed by atoms with Gasteiger partial charge in [0.25, 0.3) is 0 Å². The Labute approximate surface area is 153 Å². The number of carbonyl (C=O) groups is 1. The quantitative estimate of drug-likeness (QED) is 0.719. The molecule has 0 bridgehead atoms. The van der Waals surface area contributed by atoms with Gasteiger partial charge >= 0.3 is 6.03 Å². The summed E-state index contributed by atoms with van der Waals surface area (Å²) in [6.45, 7) is 2.82. The van der Waals surface area contributed by atoms with Gasteiger partial charge in [-0.2, -0.15) is 0 Å². The van der Waals surface area contributed by atoms with E-state index in [1.165, 1.54) is 10.9 Å². The predicted molar refractivity (Wildman–Crippen MR) is 104 cm³/mol. The molecular weight excluding hydrogens is 326 g/mol. The van der Waals surface area contributed by atoms with Crippen molar-refractivity contribution in [2.24, 2.45) is 0 Å². The molecule has 3 aromatic rings. The number of H-pyrrole nitrogens is 1. The van der Waals surface area contributed by atoms with Gasteiger partial charge in [-0.1, -0.05) is 37.3 Å². The zero-order chi connectivity index (χ0) is 18.1. The second kappa shape index (κ2) is 6.75. The van der Waals surface area contributed by atoms with Gasteiger partial charge in [0.1, 0.15) is 5.75 Å². The number of urea groups is 1. The number of nitrogens with zero attached hydrogens (tertiary/aromatic N) is 1. The van der Waals surface area contributed by atoms with Crippen LogP contribution in [0.15, 0.2) is 48.5 Å². The van der Waals surface area contributed by atoms with Crippen LogP contribution in [0.2, 0.25) is 0 Å². The van der Waals surface area contributed by atoms with Crippen LogP contribution in [0.3, 0.4) is 0 Å². The fourth-order valence-electron chi connectivity index (χ4n) is 3.92. The number of benzene rings is 2. The lowest BCUT2D eigenvalue weighted by molar-refractivity contribution is 0.179. The minimum absolute atomic E-state index is 0.0425. The average molecular weight is 349 g/mol. The first-order valence-corrected chi connectivity index (χ1v) is 9.03. The summed E-state index contributed by atoms with van der Waals surface area (Å²) in [7, 11) is 1.61. The average Bonchev–Trinajstić information content (AvgIpc) is 3.06. The van der Waals surface area contributed by atoms with E-state index in [2.05, 4.69) is 35.4 Å². The molecule has 1 aromatic heterocycles. The number of carbonyl (C=O) groups excluding carboxylic acids is 1. The largest absolute Gasteiger partial charge is 0.495 e. The lowest BCUT2D eigenvalue weighted by Crippen LogP contribution is -2.42. The number of methoxy groups -OCH3 is 1.